The van der Waals surface area contributed by atoms with Crippen LogP contribution >= 0.6 is 0 Å². The number of ether oxygens (including phenoxy) is 1. The summed E-state index contributed by atoms with van der Waals surface area (Å²) < 4.78 is 5.24. The molecule has 2 aromatic carbocycles. The molecule has 0 radical (unpaired) electrons. The molecule has 0 saturated carbocycles. The highest BCUT2D eigenvalue weighted by Gasteiger charge is 2.13. The van der Waals surface area contributed by atoms with Gasteiger partial charge in [-0.2, -0.15) is 0 Å². The Morgan fingerprint density at radius 1 is 1.04 bits per heavy atom. The first-order chi connectivity index (χ1) is 11.1. The molecule has 0 aliphatic heterocycles. The van der Waals surface area contributed by atoms with Crippen molar-refractivity contribution in [2.45, 2.75) is 32.3 Å². The molecule has 5 heteroatoms. The number of nitro groups is 1. The van der Waals surface area contributed by atoms with Crippen molar-refractivity contribution in [3.63, 3.8) is 0 Å². The average Bonchev–Trinajstić information content (AvgIpc) is 3.01. The zero-order valence-electron chi connectivity index (χ0n) is 12.7. The smallest absolute Gasteiger partial charge is 0.310 e. The molecular weight excluding hydrogens is 294 g/mol. The molecule has 0 unspecified atom stereocenters. The van der Waals surface area contributed by atoms with Gasteiger partial charge in [0.25, 0.3) is 5.69 Å². The maximum absolute atomic E-state index is 11.9. The summed E-state index contributed by atoms with van der Waals surface area (Å²) in [4.78, 5) is 22.1. The van der Waals surface area contributed by atoms with Crippen molar-refractivity contribution in [3.05, 3.63) is 74.8 Å². The quantitative estimate of drug-likeness (QED) is 0.482. The Morgan fingerprint density at radius 2 is 1.74 bits per heavy atom. The predicted molar refractivity (Wildman–Crippen MR) is 85.1 cm³/mol. The molecule has 118 valence electrons. The van der Waals surface area contributed by atoms with Crippen LogP contribution in [0, 0.1) is 10.1 Å². The number of rotatable bonds is 5. The molecule has 0 aromatic heterocycles. The minimum atomic E-state index is -0.455. The van der Waals surface area contributed by atoms with E-state index in [4.69, 9.17) is 4.74 Å². The van der Waals surface area contributed by atoms with Crippen LogP contribution in [0.5, 0.6) is 0 Å². The second-order valence-corrected chi connectivity index (χ2v) is 5.72. The second-order valence-electron chi connectivity index (χ2n) is 5.72. The summed E-state index contributed by atoms with van der Waals surface area (Å²) in [5.41, 5.74) is 4.45. The van der Waals surface area contributed by atoms with Gasteiger partial charge >= 0.3 is 5.97 Å². The van der Waals surface area contributed by atoms with Crippen LogP contribution in [0.4, 0.5) is 5.69 Å². The van der Waals surface area contributed by atoms with E-state index in [2.05, 4.69) is 12.1 Å². The van der Waals surface area contributed by atoms with E-state index in [0.29, 0.717) is 0 Å². The Balaban J connectivity index is 1.54. The minimum absolute atomic E-state index is 0.0261. The molecule has 0 spiro atoms. The fraction of sp³-hybridized carbons (Fsp3) is 0.278. The van der Waals surface area contributed by atoms with Gasteiger partial charge < -0.3 is 4.74 Å². The van der Waals surface area contributed by atoms with Crippen molar-refractivity contribution in [2.24, 2.45) is 0 Å². The maximum atomic E-state index is 11.9. The number of non-ortho nitro benzene ring substituents is 1. The number of benzene rings is 2. The molecule has 0 atom stereocenters. The van der Waals surface area contributed by atoms with E-state index in [0.717, 1.165) is 24.0 Å². The lowest BCUT2D eigenvalue weighted by Gasteiger charge is -2.07. The van der Waals surface area contributed by atoms with Crippen molar-refractivity contribution in [1.29, 1.82) is 0 Å². The van der Waals surface area contributed by atoms with Gasteiger partial charge in [-0.05, 0) is 53.6 Å². The van der Waals surface area contributed by atoms with Gasteiger partial charge in [0.1, 0.15) is 6.61 Å². The lowest BCUT2D eigenvalue weighted by atomic mass is 10.0. The summed E-state index contributed by atoms with van der Waals surface area (Å²) in [7, 11) is 0. The van der Waals surface area contributed by atoms with Crippen LogP contribution in [0.3, 0.4) is 0 Å². The van der Waals surface area contributed by atoms with Gasteiger partial charge in [0.2, 0.25) is 0 Å². The molecule has 0 fully saturated rings. The molecule has 3 rings (SSSR count). The molecular formula is C18H17NO4. The average molecular weight is 311 g/mol. The van der Waals surface area contributed by atoms with Crippen molar-refractivity contribution >= 4 is 11.7 Å². The first-order valence-electron chi connectivity index (χ1n) is 7.61. The fourth-order valence-electron chi connectivity index (χ4n) is 2.83. The van der Waals surface area contributed by atoms with E-state index in [1.54, 1.807) is 12.1 Å². The summed E-state index contributed by atoms with van der Waals surface area (Å²) >= 11 is 0. The van der Waals surface area contributed by atoms with Crippen LogP contribution in [-0.4, -0.2) is 10.9 Å². The van der Waals surface area contributed by atoms with E-state index in [-0.39, 0.29) is 24.7 Å². The van der Waals surface area contributed by atoms with E-state index >= 15 is 0 Å². The third-order valence-corrected chi connectivity index (χ3v) is 4.06. The highest BCUT2D eigenvalue weighted by molar-refractivity contribution is 5.72. The van der Waals surface area contributed by atoms with Gasteiger partial charge in [0, 0.05) is 12.1 Å². The minimum Gasteiger partial charge on any atom is -0.461 e. The largest absolute Gasteiger partial charge is 0.461 e. The van der Waals surface area contributed by atoms with Crippen LogP contribution in [0.15, 0.2) is 42.5 Å². The van der Waals surface area contributed by atoms with Crippen LogP contribution in [0.2, 0.25) is 0 Å². The van der Waals surface area contributed by atoms with Crippen LogP contribution in [0.25, 0.3) is 0 Å². The number of hydrogen-bond acceptors (Lipinski definition) is 4. The molecule has 0 N–H and O–H groups in total. The Kier molecular flexibility index (Phi) is 4.37. The van der Waals surface area contributed by atoms with E-state index in [9.17, 15) is 14.9 Å². The monoisotopic (exact) mass is 311 g/mol. The third-order valence-electron chi connectivity index (χ3n) is 4.06. The lowest BCUT2D eigenvalue weighted by molar-refractivity contribution is -0.384. The number of esters is 1. The molecule has 1 aliphatic carbocycles. The second kappa shape index (κ2) is 6.60. The molecule has 23 heavy (non-hydrogen) atoms. The SMILES string of the molecule is O=C(Cc1ccc2c(c1)CCC2)OCc1ccc([N+](=O)[O-])cc1. The summed E-state index contributed by atoms with van der Waals surface area (Å²) in [5, 5.41) is 10.6. The number of carbonyl (C=O) groups excluding carboxylic acids is 1. The molecule has 0 amide bonds. The van der Waals surface area contributed by atoms with Gasteiger partial charge in [-0.1, -0.05) is 18.2 Å². The lowest BCUT2D eigenvalue weighted by Crippen LogP contribution is -2.08. The molecule has 1 aliphatic rings. The Labute approximate surface area is 134 Å². The number of fused-ring (bicyclic) bond motifs is 1. The number of carbonyl (C=O) groups is 1. The van der Waals surface area contributed by atoms with Gasteiger partial charge in [-0.3, -0.25) is 14.9 Å². The van der Waals surface area contributed by atoms with Gasteiger partial charge in [0.15, 0.2) is 0 Å². The van der Waals surface area contributed by atoms with E-state index in [1.165, 1.54) is 29.7 Å². The highest BCUT2D eigenvalue weighted by Crippen LogP contribution is 2.23. The Hall–Kier alpha value is -2.69. The topological polar surface area (TPSA) is 69.4 Å². The zero-order chi connectivity index (χ0) is 16.2. The molecule has 0 saturated heterocycles. The van der Waals surface area contributed by atoms with Crippen LogP contribution in [0.1, 0.15) is 28.7 Å². The summed E-state index contributed by atoms with van der Waals surface area (Å²) in [6.07, 6.45) is 3.64. The molecule has 2 aromatic rings. The van der Waals surface area contributed by atoms with Gasteiger partial charge in [-0.25, -0.2) is 0 Å². The first-order valence-corrected chi connectivity index (χ1v) is 7.61. The first kappa shape index (κ1) is 15.2. The Morgan fingerprint density at radius 3 is 2.48 bits per heavy atom. The molecule has 0 heterocycles. The van der Waals surface area contributed by atoms with Crippen molar-refractivity contribution in [3.8, 4) is 0 Å². The normalized spacial score (nSPS) is 12.7. The fourth-order valence-corrected chi connectivity index (χ4v) is 2.83. The van der Waals surface area contributed by atoms with Crippen molar-refractivity contribution < 1.29 is 14.5 Å². The highest BCUT2D eigenvalue weighted by atomic mass is 16.6. The summed E-state index contributed by atoms with van der Waals surface area (Å²) in [5.74, 6) is -0.290. The van der Waals surface area contributed by atoms with Crippen molar-refractivity contribution in [1.82, 2.24) is 0 Å². The van der Waals surface area contributed by atoms with Crippen molar-refractivity contribution in [2.75, 3.05) is 0 Å². The maximum Gasteiger partial charge on any atom is 0.310 e. The standard InChI is InChI=1S/C18H17NO4/c20-18(11-14-4-7-15-2-1-3-16(15)10-14)23-12-13-5-8-17(9-6-13)19(21)22/h4-10H,1-3,11-12H2. The third kappa shape index (κ3) is 3.74. The van der Waals surface area contributed by atoms with Crippen LogP contribution in [-0.2, 0) is 35.4 Å². The number of hydrogen-bond donors (Lipinski definition) is 0. The number of nitro benzene ring substituents is 1. The number of nitrogens with zero attached hydrogens (tertiary/aromatic N) is 1. The molecule has 5 nitrogen and oxygen atoms in total. The zero-order valence-corrected chi connectivity index (χ0v) is 12.7. The van der Waals surface area contributed by atoms with Crippen LogP contribution < -0.4 is 0 Å². The van der Waals surface area contributed by atoms with Gasteiger partial charge in [-0.15, -0.1) is 0 Å². The van der Waals surface area contributed by atoms with Gasteiger partial charge in [0.05, 0.1) is 11.3 Å². The summed E-state index contributed by atoms with van der Waals surface area (Å²) in [6.45, 7) is 0.127. The van der Waals surface area contributed by atoms with E-state index < -0.39 is 4.92 Å². The summed E-state index contributed by atoms with van der Waals surface area (Å²) in [6, 6.07) is 12.2. The molecule has 0 bridgehead atoms. The van der Waals surface area contributed by atoms with E-state index in [1.807, 2.05) is 6.07 Å². The Bertz CT molecular complexity index is 737. The number of aryl methyl sites for hydroxylation is 2. The predicted octanol–water partition coefficient (Wildman–Crippen LogP) is 3.37.